The molecule has 0 aliphatic carbocycles. The zero-order valence-corrected chi connectivity index (χ0v) is 14.9. The van der Waals surface area contributed by atoms with Gasteiger partial charge in [0.25, 0.3) is 11.8 Å². The molecule has 7 heteroatoms. The molecule has 1 aliphatic heterocycles. The van der Waals surface area contributed by atoms with Crippen molar-refractivity contribution in [1.29, 1.82) is 0 Å². The molecule has 138 valence electrons. The van der Waals surface area contributed by atoms with E-state index in [1.165, 1.54) is 29.2 Å². The first-order chi connectivity index (χ1) is 12.7. The highest BCUT2D eigenvalue weighted by atomic mass is 19.1. The number of nitrogens with zero attached hydrogens (tertiary/aromatic N) is 2. The van der Waals surface area contributed by atoms with Crippen LogP contribution >= 0.6 is 0 Å². The number of aromatic nitrogens is 1. The van der Waals surface area contributed by atoms with Gasteiger partial charge < -0.3 is 15.7 Å². The molecular formula is C20H18FN3O3. The summed E-state index contributed by atoms with van der Waals surface area (Å²) < 4.78 is 14.3. The van der Waals surface area contributed by atoms with Crippen molar-refractivity contribution in [2.75, 3.05) is 13.6 Å². The topological polar surface area (TPSA) is 96.5 Å². The largest absolute Gasteiger partial charge is 0.369 e. The number of hydrogen-bond acceptors (Lipinski definition) is 4. The van der Waals surface area contributed by atoms with E-state index in [-0.39, 0.29) is 23.4 Å². The highest BCUT2D eigenvalue weighted by Gasteiger charge is 2.42. The Hall–Kier alpha value is -3.24. The van der Waals surface area contributed by atoms with Gasteiger partial charge in [-0.15, -0.1) is 0 Å². The van der Waals surface area contributed by atoms with Gasteiger partial charge in [0.05, 0.1) is 5.69 Å². The first-order valence-electron chi connectivity index (χ1n) is 8.29. The number of amides is 2. The molecule has 1 aromatic carbocycles. The van der Waals surface area contributed by atoms with Crippen molar-refractivity contribution >= 4 is 11.8 Å². The molecule has 6 nitrogen and oxygen atoms in total. The highest BCUT2D eigenvalue weighted by Crippen LogP contribution is 2.25. The molecule has 27 heavy (non-hydrogen) atoms. The van der Waals surface area contributed by atoms with Gasteiger partial charge in [0.2, 0.25) is 5.60 Å². The lowest BCUT2D eigenvalue weighted by Gasteiger charge is -2.13. The van der Waals surface area contributed by atoms with Crippen molar-refractivity contribution in [2.45, 2.75) is 18.9 Å². The van der Waals surface area contributed by atoms with Gasteiger partial charge in [0, 0.05) is 31.1 Å². The summed E-state index contributed by atoms with van der Waals surface area (Å²) in [5.74, 6) is 3.63. The van der Waals surface area contributed by atoms with Crippen molar-refractivity contribution < 1.29 is 19.1 Å². The van der Waals surface area contributed by atoms with Crippen molar-refractivity contribution in [3.8, 4) is 23.1 Å². The van der Waals surface area contributed by atoms with Crippen LogP contribution in [0.15, 0.2) is 30.3 Å². The van der Waals surface area contributed by atoms with Crippen LogP contribution < -0.4 is 5.73 Å². The molecule has 3 N–H and O–H groups in total. The van der Waals surface area contributed by atoms with E-state index in [4.69, 9.17) is 5.73 Å². The number of aliphatic hydroxyl groups is 1. The van der Waals surface area contributed by atoms with Crippen molar-refractivity contribution in [1.82, 2.24) is 9.88 Å². The maximum Gasteiger partial charge on any atom is 0.267 e. The minimum atomic E-state index is -1.73. The molecule has 3 rings (SSSR count). The summed E-state index contributed by atoms with van der Waals surface area (Å²) in [6.45, 7) is 2.17. The van der Waals surface area contributed by atoms with Crippen LogP contribution in [-0.2, 0) is 4.79 Å². The van der Waals surface area contributed by atoms with E-state index in [1.807, 2.05) is 0 Å². The molecule has 0 unspecified atom stereocenters. The van der Waals surface area contributed by atoms with Crippen LogP contribution in [0.1, 0.15) is 28.0 Å². The molecule has 1 aliphatic rings. The monoisotopic (exact) mass is 367 g/mol. The van der Waals surface area contributed by atoms with Gasteiger partial charge in [-0.25, -0.2) is 9.37 Å². The molecule has 1 fully saturated rings. The van der Waals surface area contributed by atoms with Gasteiger partial charge >= 0.3 is 0 Å². The normalized spacial score (nSPS) is 19.0. The molecule has 0 radical (unpaired) electrons. The number of halogens is 1. The average molecular weight is 367 g/mol. The van der Waals surface area contributed by atoms with Crippen LogP contribution in [0.5, 0.6) is 0 Å². The summed E-state index contributed by atoms with van der Waals surface area (Å²) in [5, 5.41) is 10.4. The fourth-order valence-corrected chi connectivity index (χ4v) is 2.88. The summed E-state index contributed by atoms with van der Waals surface area (Å²) in [7, 11) is 1.59. The van der Waals surface area contributed by atoms with E-state index in [9.17, 15) is 19.1 Å². The van der Waals surface area contributed by atoms with Crippen molar-refractivity contribution in [3.63, 3.8) is 0 Å². The molecule has 2 heterocycles. The van der Waals surface area contributed by atoms with Crippen molar-refractivity contribution in [3.05, 3.63) is 53.0 Å². The van der Waals surface area contributed by atoms with E-state index >= 15 is 0 Å². The Morgan fingerprint density at radius 3 is 2.74 bits per heavy atom. The van der Waals surface area contributed by atoms with E-state index in [0.29, 0.717) is 17.7 Å². The van der Waals surface area contributed by atoms with Gasteiger partial charge in [-0.1, -0.05) is 11.8 Å². The zero-order valence-electron chi connectivity index (χ0n) is 14.9. The number of nitrogens with two attached hydrogens (primary N) is 1. The number of benzene rings is 1. The molecule has 1 saturated heterocycles. The first-order valence-corrected chi connectivity index (χ1v) is 8.29. The third kappa shape index (κ3) is 3.66. The Balaban J connectivity index is 2.01. The SMILES string of the molecule is Cc1cc(C(N)=O)nc(-c2cc(C#C[C@]3(O)CCN(C)C3=O)ccc2F)c1. The second-order valence-corrected chi connectivity index (χ2v) is 6.56. The maximum absolute atomic E-state index is 14.3. The number of rotatable bonds is 2. The Bertz CT molecular complexity index is 1010. The molecule has 2 amide bonds. The van der Waals surface area contributed by atoms with Crippen LogP contribution in [0.3, 0.4) is 0 Å². The van der Waals surface area contributed by atoms with Crippen molar-refractivity contribution in [2.24, 2.45) is 5.73 Å². The summed E-state index contributed by atoms with van der Waals surface area (Å²) in [6, 6.07) is 7.28. The quantitative estimate of drug-likeness (QED) is 0.781. The van der Waals surface area contributed by atoms with Gasteiger partial charge in [-0.3, -0.25) is 9.59 Å². The lowest BCUT2D eigenvalue weighted by atomic mass is 10.0. The van der Waals surface area contributed by atoms with Crippen LogP contribution in [-0.4, -0.2) is 46.0 Å². The number of likely N-dealkylation sites (N-methyl/N-ethyl adjacent to an activating group) is 1. The number of primary amides is 1. The van der Waals surface area contributed by atoms with E-state index in [0.717, 1.165) is 0 Å². The van der Waals surface area contributed by atoms with E-state index in [1.54, 1.807) is 20.0 Å². The van der Waals surface area contributed by atoms with Gasteiger partial charge in [0.1, 0.15) is 11.5 Å². The fourth-order valence-electron chi connectivity index (χ4n) is 2.88. The Labute approximate surface area is 155 Å². The van der Waals surface area contributed by atoms with Gasteiger partial charge in [-0.2, -0.15) is 0 Å². The minimum absolute atomic E-state index is 0.0368. The smallest absolute Gasteiger partial charge is 0.267 e. The molecule has 0 saturated carbocycles. The first kappa shape index (κ1) is 18.5. The standard InChI is InChI=1S/C20H18FN3O3/c1-12-9-16(23-17(10-12)18(22)25)14-11-13(3-4-15(14)21)5-6-20(27)7-8-24(2)19(20)26/h3-4,9-11,27H,7-8H2,1-2H3,(H2,22,25)/t20-/m0/s1. The Morgan fingerprint density at radius 1 is 1.37 bits per heavy atom. The van der Waals surface area contributed by atoms with Gasteiger partial charge in [0.15, 0.2) is 0 Å². The summed E-state index contributed by atoms with van der Waals surface area (Å²) >= 11 is 0. The maximum atomic E-state index is 14.3. The van der Waals surface area contributed by atoms with Crippen LogP contribution in [0.25, 0.3) is 11.3 Å². The van der Waals surface area contributed by atoms with Crippen LogP contribution in [0.4, 0.5) is 4.39 Å². The molecular weight excluding hydrogens is 349 g/mol. The predicted octanol–water partition coefficient (Wildman–Crippen LogP) is 1.24. The van der Waals surface area contributed by atoms with E-state index < -0.39 is 23.2 Å². The molecule has 0 bridgehead atoms. The average Bonchev–Trinajstić information content (AvgIpc) is 2.88. The number of likely N-dealkylation sites (tertiary alicyclic amines) is 1. The number of hydrogen-bond donors (Lipinski definition) is 2. The highest BCUT2D eigenvalue weighted by molar-refractivity contribution is 5.92. The number of aryl methyl sites for hydroxylation is 1. The molecule has 0 spiro atoms. The lowest BCUT2D eigenvalue weighted by Crippen LogP contribution is -2.37. The second kappa shape index (κ2) is 6.82. The van der Waals surface area contributed by atoms with Gasteiger partial charge in [-0.05, 0) is 42.8 Å². The third-order valence-electron chi connectivity index (χ3n) is 4.39. The molecule has 2 aromatic rings. The van der Waals surface area contributed by atoms with Crippen LogP contribution in [0.2, 0.25) is 0 Å². The Morgan fingerprint density at radius 2 is 2.11 bits per heavy atom. The number of carbonyl (C=O) groups excluding carboxylic acids is 2. The zero-order chi connectivity index (χ0) is 19.8. The second-order valence-electron chi connectivity index (χ2n) is 6.56. The Kier molecular flexibility index (Phi) is 4.68. The predicted molar refractivity (Wildman–Crippen MR) is 97.0 cm³/mol. The lowest BCUT2D eigenvalue weighted by molar-refractivity contribution is -0.137. The summed E-state index contributed by atoms with van der Waals surface area (Å²) in [4.78, 5) is 28.9. The van der Waals surface area contributed by atoms with E-state index in [2.05, 4.69) is 16.8 Å². The summed E-state index contributed by atoms with van der Waals surface area (Å²) in [6.07, 6.45) is 0.213. The number of pyridine rings is 1. The molecule has 1 atom stereocenters. The third-order valence-corrected chi connectivity index (χ3v) is 4.39. The number of carbonyl (C=O) groups is 2. The fraction of sp³-hybridized carbons (Fsp3) is 0.250. The van der Waals surface area contributed by atoms with Crippen LogP contribution in [0, 0.1) is 24.6 Å². The molecule has 1 aromatic heterocycles. The summed E-state index contributed by atoms with van der Waals surface area (Å²) in [5.41, 5.74) is 5.09. The minimum Gasteiger partial charge on any atom is -0.369 e.